The molecule has 0 aliphatic heterocycles. The third kappa shape index (κ3) is 5.81. The van der Waals surface area contributed by atoms with Gasteiger partial charge in [-0.2, -0.15) is 0 Å². The summed E-state index contributed by atoms with van der Waals surface area (Å²) in [6, 6.07) is 6.39. The first-order chi connectivity index (χ1) is 9.52. The van der Waals surface area contributed by atoms with Crippen molar-refractivity contribution < 1.29 is 19.4 Å². The lowest BCUT2D eigenvalue weighted by atomic mass is 10.2. The summed E-state index contributed by atoms with van der Waals surface area (Å²) in [5.41, 5.74) is 1.74. The van der Waals surface area contributed by atoms with Gasteiger partial charge < -0.3 is 20.5 Å². The van der Waals surface area contributed by atoms with Gasteiger partial charge in [0.2, 0.25) is 5.91 Å². The summed E-state index contributed by atoms with van der Waals surface area (Å²) in [5.74, 6) is -1.40. The van der Waals surface area contributed by atoms with Crippen molar-refractivity contribution in [1.82, 2.24) is 5.32 Å². The molecule has 1 atom stereocenters. The highest BCUT2D eigenvalue weighted by molar-refractivity contribution is 5.94. The van der Waals surface area contributed by atoms with E-state index in [1.165, 1.54) is 7.11 Å². The molecule has 110 valence electrons. The summed E-state index contributed by atoms with van der Waals surface area (Å²) < 4.78 is 4.83. The Hall–Kier alpha value is -1.92. The maximum Gasteiger partial charge on any atom is 0.321 e. The number of benzene rings is 1. The van der Waals surface area contributed by atoms with Gasteiger partial charge in [-0.05, 0) is 19.1 Å². The SMILES string of the molecule is COCCNC(CC(=O)Nc1ccc(C)cc1)C(=O)O. The van der Waals surface area contributed by atoms with Crippen LogP contribution >= 0.6 is 0 Å². The number of aliphatic carboxylic acids is 1. The number of rotatable bonds is 8. The molecule has 6 nitrogen and oxygen atoms in total. The Balaban J connectivity index is 2.48. The van der Waals surface area contributed by atoms with Crippen LogP contribution in [-0.4, -0.2) is 43.3 Å². The minimum Gasteiger partial charge on any atom is -0.480 e. The van der Waals surface area contributed by atoms with Gasteiger partial charge in [0.25, 0.3) is 0 Å². The number of carbonyl (C=O) groups excluding carboxylic acids is 1. The molecule has 20 heavy (non-hydrogen) atoms. The number of carboxylic acid groups (broad SMARTS) is 1. The second kappa shape index (κ2) is 8.29. The number of aryl methyl sites for hydroxylation is 1. The van der Waals surface area contributed by atoms with E-state index in [0.29, 0.717) is 18.8 Å². The van der Waals surface area contributed by atoms with Crippen molar-refractivity contribution in [3.8, 4) is 0 Å². The van der Waals surface area contributed by atoms with Crippen molar-refractivity contribution in [3.05, 3.63) is 29.8 Å². The van der Waals surface area contributed by atoms with E-state index in [1.807, 2.05) is 19.1 Å². The molecule has 0 heterocycles. The maximum absolute atomic E-state index is 11.8. The number of methoxy groups -OCH3 is 1. The fourth-order valence-corrected chi connectivity index (χ4v) is 1.62. The molecule has 1 aromatic carbocycles. The first-order valence-electron chi connectivity index (χ1n) is 6.34. The molecular weight excluding hydrogens is 260 g/mol. The Kier molecular flexibility index (Phi) is 6.69. The van der Waals surface area contributed by atoms with E-state index in [0.717, 1.165) is 5.56 Å². The molecule has 1 aromatic rings. The third-order valence-electron chi connectivity index (χ3n) is 2.72. The van der Waals surface area contributed by atoms with Crippen LogP contribution in [0, 0.1) is 6.92 Å². The highest BCUT2D eigenvalue weighted by Crippen LogP contribution is 2.09. The normalized spacial score (nSPS) is 11.9. The first-order valence-corrected chi connectivity index (χ1v) is 6.34. The number of ether oxygens (including phenoxy) is 1. The summed E-state index contributed by atoms with van der Waals surface area (Å²) in [5, 5.41) is 14.5. The van der Waals surface area contributed by atoms with Crippen LogP contribution in [0.25, 0.3) is 0 Å². The smallest absolute Gasteiger partial charge is 0.321 e. The molecule has 0 saturated heterocycles. The van der Waals surface area contributed by atoms with Gasteiger partial charge in [-0.15, -0.1) is 0 Å². The Morgan fingerprint density at radius 1 is 1.30 bits per heavy atom. The van der Waals surface area contributed by atoms with E-state index in [9.17, 15) is 9.59 Å². The van der Waals surface area contributed by atoms with Gasteiger partial charge in [-0.3, -0.25) is 9.59 Å². The molecule has 1 rings (SSSR count). The average molecular weight is 280 g/mol. The van der Waals surface area contributed by atoms with Crippen molar-refractivity contribution >= 4 is 17.6 Å². The van der Waals surface area contributed by atoms with Crippen LogP contribution < -0.4 is 10.6 Å². The summed E-state index contributed by atoms with van der Waals surface area (Å²) in [6.45, 7) is 2.72. The number of carbonyl (C=O) groups is 2. The molecule has 0 aliphatic carbocycles. The van der Waals surface area contributed by atoms with Crippen LogP contribution in [0.15, 0.2) is 24.3 Å². The standard InChI is InChI=1S/C14H20N2O4/c1-10-3-5-11(6-4-10)16-13(17)9-12(14(18)19)15-7-8-20-2/h3-6,12,15H,7-9H2,1-2H3,(H,16,17)(H,18,19). The second-order valence-corrected chi connectivity index (χ2v) is 4.46. The van der Waals surface area contributed by atoms with Crippen molar-refractivity contribution in [2.75, 3.05) is 25.6 Å². The molecule has 1 amide bonds. The number of carboxylic acids is 1. The predicted octanol–water partition coefficient (Wildman–Crippen LogP) is 1.01. The number of hydrogen-bond acceptors (Lipinski definition) is 4. The van der Waals surface area contributed by atoms with Crippen molar-refractivity contribution in [1.29, 1.82) is 0 Å². The highest BCUT2D eigenvalue weighted by atomic mass is 16.5. The quantitative estimate of drug-likeness (QED) is 0.619. The topological polar surface area (TPSA) is 87.7 Å². The van der Waals surface area contributed by atoms with Gasteiger partial charge >= 0.3 is 5.97 Å². The molecule has 0 spiro atoms. The Morgan fingerprint density at radius 2 is 1.95 bits per heavy atom. The molecule has 0 bridgehead atoms. The van der Waals surface area contributed by atoms with E-state index >= 15 is 0 Å². The van der Waals surface area contributed by atoms with Crippen LogP contribution in [0.5, 0.6) is 0 Å². The lowest BCUT2D eigenvalue weighted by Gasteiger charge is -2.14. The molecule has 0 fully saturated rings. The van der Waals surface area contributed by atoms with Crippen LogP contribution in [-0.2, 0) is 14.3 Å². The van der Waals surface area contributed by atoms with Crippen LogP contribution in [0.2, 0.25) is 0 Å². The van der Waals surface area contributed by atoms with Crippen molar-refractivity contribution in [3.63, 3.8) is 0 Å². The van der Waals surface area contributed by atoms with E-state index < -0.39 is 12.0 Å². The molecule has 0 aliphatic rings. The third-order valence-corrected chi connectivity index (χ3v) is 2.72. The van der Waals surface area contributed by atoms with E-state index in [4.69, 9.17) is 9.84 Å². The Morgan fingerprint density at radius 3 is 2.50 bits per heavy atom. The second-order valence-electron chi connectivity index (χ2n) is 4.46. The molecule has 3 N–H and O–H groups in total. The van der Waals surface area contributed by atoms with Crippen LogP contribution in [0.3, 0.4) is 0 Å². The molecule has 0 aromatic heterocycles. The maximum atomic E-state index is 11.8. The van der Waals surface area contributed by atoms with E-state index in [2.05, 4.69) is 10.6 Å². The average Bonchev–Trinajstić information content (AvgIpc) is 2.40. The fraction of sp³-hybridized carbons (Fsp3) is 0.429. The first kappa shape index (κ1) is 16.1. The van der Waals surface area contributed by atoms with Gasteiger partial charge in [-0.1, -0.05) is 17.7 Å². The monoisotopic (exact) mass is 280 g/mol. The van der Waals surface area contributed by atoms with Gasteiger partial charge in [0.05, 0.1) is 13.0 Å². The largest absolute Gasteiger partial charge is 0.480 e. The van der Waals surface area contributed by atoms with E-state index in [1.54, 1.807) is 12.1 Å². The molecule has 0 saturated carbocycles. The number of amides is 1. The van der Waals surface area contributed by atoms with Gasteiger partial charge in [0, 0.05) is 19.3 Å². The minimum absolute atomic E-state index is 0.132. The predicted molar refractivity (Wildman–Crippen MR) is 75.7 cm³/mol. The van der Waals surface area contributed by atoms with Gasteiger partial charge in [0.15, 0.2) is 0 Å². The van der Waals surface area contributed by atoms with Gasteiger partial charge in [0.1, 0.15) is 6.04 Å². The zero-order chi connectivity index (χ0) is 15.0. The zero-order valence-corrected chi connectivity index (χ0v) is 11.7. The fourth-order valence-electron chi connectivity index (χ4n) is 1.62. The van der Waals surface area contributed by atoms with Crippen molar-refractivity contribution in [2.24, 2.45) is 0 Å². The van der Waals surface area contributed by atoms with Crippen LogP contribution in [0.1, 0.15) is 12.0 Å². The van der Waals surface area contributed by atoms with Crippen LogP contribution in [0.4, 0.5) is 5.69 Å². The summed E-state index contributed by atoms with van der Waals surface area (Å²) in [7, 11) is 1.53. The van der Waals surface area contributed by atoms with E-state index in [-0.39, 0.29) is 12.3 Å². The number of hydrogen-bond donors (Lipinski definition) is 3. The lowest BCUT2D eigenvalue weighted by Crippen LogP contribution is -2.41. The summed E-state index contributed by atoms with van der Waals surface area (Å²) >= 11 is 0. The minimum atomic E-state index is -1.06. The molecule has 6 heteroatoms. The molecule has 0 radical (unpaired) electrons. The Labute approximate surface area is 118 Å². The molecular formula is C14H20N2O4. The number of anilines is 1. The zero-order valence-electron chi connectivity index (χ0n) is 11.7. The summed E-state index contributed by atoms with van der Waals surface area (Å²) in [4.78, 5) is 22.8. The highest BCUT2D eigenvalue weighted by Gasteiger charge is 2.20. The lowest BCUT2D eigenvalue weighted by molar-refractivity contribution is -0.141. The Bertz CT molecular complexity index is 445. The summed E-state index contributed by atoms with van der Waals surface area (Å²) in [6.07, 6.45) is -0.132. The van der Waals surface area contributed by atoms with Gasteiger partial charge in [-0.25, -0.2) is 0 Å². The molecule has 1 unspecified atom stereocenters. The van der Waals surface area contributed by atoms with Crippen molar-refractivity contribution in [2.45, 2.75) is 19.4 Å². The number of nitrogens with one attached hydrogen (secondary N) is 2.